The number of nitrogens with two attached hydrogens (primary N) is 1. The molecule has 19 heavy (non-hydrogen) atoms. The van der Waals surface area contributed by atoms with Crippen molar-refractivity contribution in [3.63, 3.8) is 0 Å². The van der Waals surface area contributed by atoms with E-state index in [1.165, 1.54) is 12.1 Å². The molecule has 0 saturated heterocycles. The molecule has 1 rings (SSSR count). The standard InChI is InChI=1S/C13H22N2O3S/c1-13(2,3)12(8-9-16)15-19(17,18)11-6-4-10(14)5-7-11/h4-7,12,15-16H,8-9,14H2,1-3H3. The monoisotopic (exact) mass is 286 g/mol. The van der Waals surface area contributed by atoms with Gasteiger partial charge in [-0.2, -0.15) is 0 Å². The zero-order chi connectivity index (χ0) is 14.7. The SMILES string of the molecule is CC(C)(C)C(CCO)NS(=O)(=O)c1ccc(N)cc1. The predicted octanol–water partition coefficient (Wildman–Crippen LogP) is 1.34. The van der Waals surface area contributed by atoms with Gasteiger partial charge in [-0.1, -0.05) is 20.8 Å². The molecule has 1 atom stereocenters. The second-order valence-electron chi connectivity index (χ2n) is 5.62. The third-order valence-corrected chi connectivity index (χ3v) is 4.44. The summed E-state index contributed by atoms with van der Waals surface area (Å²) in [6, 6.07) is 5.70. The molecule has 0 bridgehead atoms. The van der Waals surface area contributed by atoms with Crippen LogP contribution >= 0.6 is 0 Å². The molecule has 0 spiro atoms. The van der Waals surface area contributed by atoms with E-state index in [4.69, 9.17) is 10.8 Å². The van der Waals surface area contributed by atoms with Crippen molar-refractivity contribution >= 4 is 15.7 Å². The maximum Gasteiger partial charge on any atom is 0.240 e. The summed E-state index contributed by atoms with van der Waals surface area (Å²) in [4.78, 5) is 0.175. The lowest BCUT2D eigenvalue weighted by atomic mass is 9.86. The van der Waals surface area contributed by atoms with Gasteiger partial charge in [0.1, 0.15) is 0 Å². The molecule has 0 aliphatic heterocycles. The molecule has 4 N–H and O–H groups in total. The Morgan fingerprint density at radius 1 is 1.26 bits per heavy atom. The number of rotatable bonds is 5. The molecule has 0 fully saturated rings. The fourth-order valence-corrected chi connectivity index (χ4v) is 3.18. The van der Waals surface area contributed by atoms with E-state index in [0.717, 1.165) is 0 Å². The van der Waals surface area contributed by atoms with Crippen LogP contribution in [0.5, 0.6) is 0 Å². The number of aliphatic hydroxyl groups excluding tert-OH is 1. The Bertz CT molecular complexity index is 504. The molecule has 0 saturated carbocycles. The number of aliphatic hydroxyl groups is 1. The molecule has 1 aromatic carbocycles. The summed E-state index contributed by atoms with van der Waals surface area (Å²) in [6.45, 7) is 5.72. The summed E-state index contributed by atoms with van der Waals surface area (Å²) in [5.74, 6) is 0. The summed E-state index contributed by atoms with van der Waals surface area (Å²) in [7, 11) is -3.60. The van der Waals surface area contributed by atoms with E-state index in [1.807, 2.05) is 20.8 Å². The molecule has 5 nitrogen and oxygen atoms in total. The van der Waals surface area contributed by atoms with E-state index in [0.29, 0.717) is 12.1 Å². The number of hydrogen-bond donors (Lipinski definition) is 3. The van der Waals surface area contributed by atoms with Crippen LogP contribution in [-0.2, 0) is 10.0 Å². The van der Waals surface area contributed by atoms with Crippen LogP contribution in [0.3, 0.4) is 0 Å². The third-order valence-electron chi connectivity index (χ3n) is 2.95. The molecule has 108 valence electrons. The first-order valence-electron chi connectivity index (χ1n) is 6.15. The lowest BCUT2D eigenvalue weighted by Gasteiger charge is -2.30. The van der Waals surface area contributed by atoms with Gasteiger partial charge in [0, 0.05) is 18.3 Å². The second kappa shape index (κ2) is 5.90. The van der Waals surface area contributed by atoms with Crippen molar-refractivity contribution in [2.24, 2.45) is 5.41 Å². The van der Waals surface area contributed by atoms with Crippen molar-refractivity contribution < 1.29 is 13.5 Å². The maximum absolute atomic E-state index is 12.2. The van der Waals surface area contributed by atoms with E-state index in [9.17, 15) is 8.42 Å². The first kappa shape index (κ1) is 15.9. The minimum absolute atomic E-state index is 0.0633. The highest BCUT2D eigenvalue weighted by Crippen LogP contribution is 2.24. The maximum atomic E-state index is 12.2. The summed E-state index contributed by atoms with van der Waals surface area (Å²) in [6.07, 6.45) is 0.373. The van der Waals surface area contributed by atoms with E-state index in [-0.39, 0.29) is 23.0 Å². The van der Waals surface area contributed by atoms with Gasteiger partial charge in [0.15, 0.2) is 0 Å². The van der Waals surface area contributed by atoms with Crippen molar-refractivity contribution in [1.82, 2.24) is 4.72 Å². The molecular formula is C13H22N2O3S. The molecule has 0 amide bonds. The Morgan fingerprint density at radius 3 is 2.21 bits per heavy atom. The van der Waals surface area contributed by atoms with Gasteiger partial charge in [-0.05, 0) is 36.1 Å². The molecular weight excluding hydrogens is 264 g/mol. The number of sulfonamides is 1. The number of anilines is 1. The third kappa shape index (κ3) is 4.49. The van der Waals surface area contributed by atoms with Gasteiger partial charge >= 0.3 is 0 Å². The Balaban J connectivity index is 2.97. The summed E-state index contributed by atoms with van der Waals surface area (Å²) in [5.41, 5.74) is 5.78. The van der Waals surface area contributed by atoms with Gasteiger partial charge in [0.25, 0.3) is 0 Å². The topological polar surface area (TPSA) is 92.4 Å². The van der Waals surface area contributed by atoms with Crippen LogP contribution in [0.25, 0.3) is 0 Å². The molecule has 1 aromatic rings. The zero-order valence-electron chi connectivity index (χ0n) is 11.6. The Labute approximate surface area is 114 Å². The summed E-state index contributed by atoms with van der Waals surface area (Å²) >= 11 is 0. The molecule has 1 unspecified atom stereocenters. The van der Waals surface area contributed by atoms with E-state index < -0.39 is 10.0 Å². The van der Waals surface area contributed by atoms with Gasteiger partial charge in [-0.15, -0.1) is 0 Å². The minimum atomic E-state index is -3.60. The zero-order valence-corrected chi connectivity index (χ0v) is 12.4. The Morgan fingerprint density at radius 2 is 1.79 bits per heavy atom. The van der Waals surface area contributed by atoms with Crippen molar-refractivity contribution in [3.8, 4) is 0 Å². The van der Waals surface area contributed by atoms with Crippen LogP contribution in [0.15, 0.2) is 29.2 Å². The van der Waals surface area contributed by atoms with Gasteiger partial charge in [-0.25, -0.2) is 13.1 Å². The van der Waals surface area contributed by atoms with Crippen LogP contribution in [0, 0.1) is 5.41 Å². The lowest BCUT2D eigenvalue weighted by Crippen LogP contribution is -2.44. The average molecular weight is 286 g/mol. The van der Waals surface area contributed by atoms with Gasteiger partial charge < -0.3 is 10.8 Å². The highest BCUT2D eigenvalue weighted by atomic mass is 32.2. The van der Waals surface area contributed by atoms with Crippen molar-refractivity contribution in [3.05, 3.63) is 24.3 Å². The van der Waals surface area contributed by atoms with Crippen LogP contribution < -0.4 is 10.5 Å². The number of hydrogen-bond acceptors (Lipinski definition) is 4. The largest absolute Gasteiger partial charge is 0.399 e. The van der Waals surface area contributed by atoms with Gasteiger partial charge in [0.05, 0.1) is 4.90 Å². The van der Waals surface area contributed by atoms with E-state index >= 15 is 0 Å². The molecule has 0 aromatic heterocycles. The first-order chi connectivity index (χ1) is 8.66. The van der Waals surface area contributed by atoms with Crippen molar-refractivity contribution in [1.29, 1.82) is 0 Å². The van der Waals surface area contributed by atoms with Crippen LogP contribution in [0.2, 0.25) is 0 Å². The van der Waals surface area contributed by atoms with E-state index in [2.05, 4.69) is 4.72 Å². The quantitative estimate of drug-likeness (QED) is 0.712. The fourth-order valence-electron chi connectivity index (χ4n) is 1.70. The molecule has 0 aliphatic carbocycles. The van der Waals surface area contributed by atoms with E-state index in [1.54, 1.807) is 12.1 Å². The number of benzene rings is 1. The van der Waals surface area contributed by atoms with Crippen LogP contribution in [-0.4, -0.2) is 26.2 Å². The highest BCUT2D eigenvalue weighted by molar-refractivity contribution is 7.89. The minimum Gasteiger partial charge on any atom is -0.399 e. The summed E-state index contributed by atoms with van der Waals surface area (Å²) < 4.78 is 27.1. The smallest absolute Gasteiger partial charge is 0.240 e. The molecule has 0 heterocycles. The highest BCUT2D eigenvalue weighted by Gasteiger charge is 2.29. The van der Waals surface area contributed by atoms with Gasteiger partial charge in [0.2, 0.25) is 10.0 Å². The predicted molar refractivity (Wildman–Crippen MR) is 76.1 cm³/mol. The number of nitrogen functional groups attached to an aromatic ring is 1. The Kier molecular flexibility index (Phi) is 4.95. The molecule has 0 radical (unpaired) electrons. The van der Waals surface area contributed by atoms with Crippen LogP contribution in [0.1, 0.15) is 27.2 Å². The van der Waals surface area contributed by atoms with Gasteiger partial charge in [-0.3, -0.25) is 0 Å². The van der Waals surface area contributed by atoms with Crippen molar-refractivity contribution in [2.45, 2.75) is 38.1 Å². The Hall–Kier alpha value is -1.11. The fraction of sp³-hybridized carbons (Fsp3) is 0.538. The average Bonchev–Trinajstić information content (AvgIpc) is 2.27. The number of nitrogens with one attached hydrogen (secondary N) is 1. The molecule has 0 aliphatic rings. The first-order valence-corrected chi connectivity index (χ1v) is 7.64. The summed E-state index contributed by atoms with van der Waals surface area (Å²) in [5, 5.41) is 9.05. The molecule has 6 heteroatoms. The van der Waals surface area contributed by atoms with Crippen LogP contribution in [0.4, 0.5) is 5.69 Å². The van der Waals surface area contributed by atoms with Crippen molar-refractivity contribution in [2.75, 3.05) is 12.3 Å². The lowest BCUT2D eigenvalue weighted by molar-refractivity contribution is 0.214. The normalized spacial score (nSPS) is 14.3. The second-order valence-corrected chi connectivity index (χ2v) is 7.34.